The summed E-state index contributed by atoms with van der Waals surface area (Å²) in [7, 11) is 0. The van der Waals surface area contributed by atoms with Gasteiger partial charge in [-0.3, -0.25) is 28.9 Å². The number of aromatic nitrogens is 4. The topological polar surface area (TPSA) is 258 Å². The Balaban J connectivity index is 1.79. The lowest BCUT2D eigenvalue weighted by molar-refractivity contribution is -0.147. The van der Waals surface area contributed by atoms with Crippen molar-refractivity contribution in [2.75, 3.05) is 13.2 Å². The van der Waals surface area contributed by atoms with Gasteiger partial charge in [0.15, 0.2) is 17.1 Å². The van der Waals surface area contributed by atoms with Crippen LogP contribution in [-0.4, -0.2) is 88.2 Å². The van der Waals surface area contributed by atoms with Crippen molar-refractivity contribution in [2.24, 2.45) is 0 Å². The zero-order chi connectivity index (χ0) is 26.7. The second kappa shape index (κ2) is 10.9. The molecule has 1 aliphatic rings. The van der Waals surface area contributed by atoms with Crippen LogP contribution in [0.15, 0.2) is 26.8 Å². The molecule has 2 aromatic heterocycles. The second-order valence-corrected chi connectivity index (χ2v) is 7.96. The Kier molecular flexibility index (Phi) is 8.17. The van der Waals surface area contributed by atoms with Crippen LogP contribution in [0, 0.1) is 4.77 Å². The van der Waals surface area contributed by atoms with E-state index >= 15 is 0 Å². The number of ether oxygens (including phenoxy) is 1. The van der Waals surface area contributed by atoms with Gasteiger partial charge < -0.3 is 40.4 Å². The van der Waals surface area contributed by atoms with E-state index in [1.807, 2.05) is 0 Å². The van der Waals surface area contributed by atoms with Gasteiger partial charge in [0.2, 0.25) is 0 Å². The first-order chi connectivity index (χ1) is 16.9. The molecule has 0 aliphatic carbocycles. The highest BCUT2D eigenvalue weighted by molar-refractivity contribution is 7.71. The number of hydrogen-bond acceptors (Lipinski definition) is 12. The molecule has 36 heavy (non-hydrogen) atoms. The molecule has 18 heteroatoms. The Hall–Kier alpha value is -3.68. The van der Waals surface area contributed by atoms with Crippen LogP contribution >= 0.6 is 12.2 Å². The van der Waals surface area contributed by atoms with Crippen LogP contribution in [0.3, 0.4) is 0 Å². The highest BCUT2D eigenvalue weighted by atomic mass is 32.1. The van der Waals surface area contributed by atoms with Crippen LogP contribution in [0.2, 0.25) is 0 Å². The number of carboxylic acid groups (broad SMARTS) is 2. The normalized spacial score (nSPS) is 22.3. The molecule has 3 rings (SSSR count). The van der Waals surface area contributed by atoms with Crippen LogP contribution in [0.1, 0.15) is 23.5 Å². The Bertz CT molecular complexity index is 1380. The van der Waals surface area contributed by atoms with E-state index in [0.717, 1.165) is 4.57 Å². The molecule has 0 spiro atoms. The predicted octanol–water partition coefficient (Wildman–Crippen LogP) is -4.20. The standard InChI is InChI=1S/C18H21N5O12S/c24-9(25)2-19-1-6-3-22(18(36)21-13(6)29)15-12(28)11(27)8(35-15)5-34-23-4-7(10(26)16(31)32)14(30)20-17(23)33/h3-4,8,10-12,15,19,26-28H,1-2,5H2,(H,24,25)(H,31,32)(H,20,30,33)(H,21,29,36)/t8-,10?,11-,12-,15-/m1/s1. The number of hydrogen-bond donors (Lipinski definition) is 8. The van der Waals surface area contributed by atoms with Gasteiger partial charge in [-0.2, -0.15) is 0 Å². The number of nitrogens with zero attached hydrogens (tertiary/aromatic N) is 2. The summed E-state index contributed by atoms with van der Waals surface area (Å²) in [5, 5.41) is 50.6. The average molecular weight is 531 g/mol. The largest absolute Gasteiger partial charge is 0.480 e. The molecular formula is C18H21N5O12S. The molecule has 8 N–H and O–H groups in total. The van der Waals surface area contributed by atoms with E-state index in [1.165, 1.54) is 6.20 Å². The molecule has 1 saturated heterocycles. The van der Waals surface area contributed by atoms with E-state index < -0.39 is 78.1 Å². The fourth-order valence-corrected chi connectivity index (χ4v) is 3.54. The summed E-state index contributed by atoms with van der Waals surface area (Å²) < 4.78 is 6.97. The molecule has 0 amide bonds. The van der Waals surface area contributed by atoms with E-state index in [2.05, 4.69) is 10.3 Å². The molecule has 0 radical (unpaired) electrons. The van der Waals surface area contributed by atoms with Crippen LogP contribution in [0.25, 0.3) is 0 Å². The molecule has 0 aromatic carbocycles. The lowest BCUT2D eigenvalue weighted by Gasteiger charge is -2.19. The number of rotatable bonds is 10. The molecule has 1 fully saturated rings. The Morgan fingerprint density at radius 1 is 1.14 bits per heavy atom. The zero-order valence-corrected chi connectivity index (χ0v) is 18.9. The Morgan fingerprint density at radius 3 is 2.47 bits per heavy atom. The van der Waals surface area contributed by atoms with Gasteiger partial charge in [0.25, 0.3) is 11.1 Å². The molecular weight excluding hydrogens is 510 g/mol. The van der Waals surface area contributed by atoms with E-state index in [4.69, 9.17) is 32.0 Å². The highest BCUT2D eigenvalue weighted by Crippen LogP contribution is 2.29. The quantitative estimate of drug-likeness (QED) is 0.135. The van der Waals surface area contributed by atoms with Crippen LogP contribution in [-0.2, 0) is 20.9 Å². The molecule has 0 bridgehead atoms. The summed E-state index contributed by atoms with van der Waals surface area (Å²) in [4.78, 5) is 66.8. The van der Waals surface area contributed by atoms with Crippen molar-refractivity contribution in [3.8, 4) is 0 Å². The third-order valence-electron chi connectivity index (χ3n) is 5.09. The van der Waals surface area contributed by atoms with Gasteiger partial charge in [0.05, 0.1) is 18.3 Å². The molecule has 196 valence electrons. The van der Waals surface area contributed by atoms with Crippen LogP contribution < -0.4 is 27.0 Å². The van der Waals surface area contributed by atoms with Gasteiger partial charge in [-0.25, -0.2) is 9.59 Å². The second-order valence-electron chi connectivity index (χ2n) is 7.57. The first-order valence-electron chi connectivity index (χ1n) is 10.1. The number of aromatic amines is 2. The number of H-pyrrole nitrogens is 2. The molecule has 5 atom stereocenters. The van der Waals surface area contributed by atoms with E-state index in [1.54, 1.807) is 4.98 Å². The summed E-state index contributed by atoms with van der Waals surface area (Å²) in [6.07, 6.45) is -6.15. The van der Waals surface area contributed by atoms with Gasteiger partial charge >= 0.3 is 17.6 Å². The van der Waals surface area contributed by atoms with Crippen molar-refractivity contribution in [3.05, 3.63) is 59.5 Å². The number of aliphatic hydroxyl groups is 3. The Labute approximate surface area is 203 Å². The summed E-state index contributed by atoms with van der Waals surface area (Å²) >= 11 is 5.09. The van der Waals surface area contributed by atoms with E-state index in [-0.39, 0.29) is 16.9 Å². The van der Waals surface area contributed by atoms with Gasteiger partial charge in [0, 0.05) is 18.3 Å². The zero-order valence-electron chi connectivity index (χ0n) is 18.1. The van der Waals surface area contributed by atoms with E-state index in [0.29, 0.717) is 10.9 Å². The summed E-state index contributed by atoms with van der Waals surface area (Å²) in [5.41, 5.74) is -3.52. The highest BCUT2D eigenvalue weighted by Gasteiger charge is 2.44. The number of carbonyl (C=O) groups is 2. The van der Waals surface area contributed by atoms with Gasteiger partial charge in [-0.15, -0.1) is 4.73 Å². The number of carboxylic acids is 2. The lowest BCUT2D eigenvalue weighted by atomic mass is 10.1. The number of aliphatic hydroxyl groups excluding tert-OH is 3. The third-order valence-corrected chi connectivity index (χ3v) is 5.40. The van der Waals surface area contributed by atoms with Crippen molar-refractivity contribution in [1.29, 1.82) is 0 Å². The summed E-state index contributed by atoms with van der Waals surface area (Å²) in [6.45, 7) is -1.17. The Morgan fingerprint density at radius 2 is 1.83 bits per heavy atom. The maximum absolute atomic E-state index is 12.1. The molecule has 0 saturated carbocycles. The SMILES string of the molecule is O=C(O)CNCc1cn([C@@H]2O[C@H](COn3cc(C(O)C(=O)O)c(=O)[nH]c3=O)[C@@H](O)[C@H]2O)c(=S)[nH]c1=O. The molecule has 2 aromatic rings. The first-order valence-corrected chi connectivity index (χ1v) is 10.5. The van der Waals surface area contributed by atoms with Crippen molar-refractivity contribution in [1.82, 2.24) is 24.6 Å². The summed E-state index contributed by atoms with van der Waals surface area (Å²) in [5.74, 6) is -2.90. The van der Waals surface area contributed by atoms with Crippen molar-refractivity contribution in [2.45, 2.75) is 37.2 Å². The van der Waals surface area contributed by atoms with Gasteiger partial charge in [-0.05, 0) is 12.2 Å². The van der Waals surface area contributed by atoms with Crippen molar-refractivity contribution < 1.29 is 44.7 Å². The van der Waals surface area contributed by atoms with Gasteiger partial charge in [-0.1, -0.05) is 0 Å². The fraction of sp³-hybridized carbons (Fsp3) is 0.444. The minimum atomic E-state index is -2.25. The predicted molar refractivity (Wildman–Crippen MR) is 117 cm³/mol. The average Bonchev–Trinajstić information content (AvgIpc) is 3.07. The van der Waals surface area contributed by atoms with Crippen LogP contribution in [0.5, 0.6) is 0 Å². The van der Waals surface area contributed by atoms with Crippen molar-refractivity contribution in [3.63, 3.8) is 0 Å². The van der Waals surface area contributed by atoms with Gasteiger partial charge in [0.1, 0.15) is 24.9 Å². The maximum atomic E-state index is 12.1. The van der Waals surface area contributed by atoms with Crippen molar-refractivity contribution >= 4 is 24.2 Å². The fourth-order valence-electron chi connectivity index (χ4n) is 3.29. The summed E-state index contributed by atoms with van der Waals surface area (Å²) in [6, 6.07) is 0. The number of aliphatic carboxylic acids is 2. The minimum Gasteiger partial charge on any atom is -0.480 e. The van der Waals surface area contributed by atoms with E-state index in [9.17, 15) is 39.3 Å². The van der Waals surface area contributed by atoms with Crippen LogP contribution in [0.4, 0.5) is 0 Å². The monoisotopic (exact) mass is 531 g/mol. The molecule has 1 unspecified atom stereocenters. The molecule has 17 nitrogen and oxygen atoms in total. The number of nitrogens with one attached hydrogen (secondary N) is 3. The smallest absolute Gasteiger partial charge is 0.361 e. The third kappa shape index (κ3) is 5.75. The minimum absolute atomic E-state index is 0.0548. The lowest BCUT2D eigenvalue weighted by Crippen LogP contribution is -2.41. The first kappa shape index (κ1) is 26.9. The maximum Gasteiger partial charge on any atom is 0.361 e. The molecule has 3 heterocycles. The molecule has 1 aliphatic heterocycles.